The van der Waals surface area contributed by atoms with Crippen LogP contribution in [-0.4, -0.2) is 18.4 Å². The van der Waals surface area contributed by atoms with Crippen LogP contribution in [0.15, 0.2) is 78.9 Å². The number of hydrogen-bond acceptors (Lipinski definition) is 2. The second-order valence-corrected chi connectivity index (χ2v) is 6.53. The Labute approximate surface area is 167 Å². The van der Waals surface area contributed by atoms with Gasteiger partial charge in [0.1, 0.15) is 11.6 Å². The van der Waals surface area contributed by atoms with Crippen LogP contribution in [0.2, 0.25) is 0 Å². The lowest BCUT2D eigenvalue weighted by Crippen LogP contribution is -2.33. The molecule has 0 aliphatic carbocycles. The highest BCUT2D eigenvalue weighted by Gasteiger charge is 2.18. The van der Waals surface area contributed by atoms with E-state index in [9.17, 15) is 18.4 Å². The molecule has 0 spiro atoms. The summed E-state index contributed by atoms with van der Waals surface area (Å²) in [4.78, 5) is 24.4. The van der Waals surface area contributed by atoms with Crippen LogP contribution in [0.1, 0.15) is 23.5 Å². The number of benzene rings is 3. The number of hydrogen-bond donors (Lipinski definition) is 2. The van der Waals surface area contributed by atoms with Gasteiger partial charge in [-0.3, -0.25) is 9.59 Å². The first-order valence-corrected chi connectivity index (χ1v) is 9.14. The van der Waals surface area contributed by atoms with Crippen LogP contribution in [-0.2, 0) is 9.59 Å². The van der Waals surface area contributed by atoms with Crippen molar-refractivity contribution in [3.8, 4) is 0 Å². The third-order valence-corrected chi connectivity index (χ3v) is 4.44. The van der Waals surface area contributed by atoms with E-state index < -0.39 is 17.5 Å². The Morgan fingerprint density at radius 2 is 1.38 bits per heavy atom. The summed E-state index contributed by atoms with van der Waals surface area (Å²) in [5, 5.41) is 4.87. The molecule has 3 aromatic rings. The first kappa shape index (κ1) is 20.2. The molecule has 6 heteroatoms. The highest BCUT2D eigenvalue weighted by Crippen LogP contribution is 2.27. The number of anilines is 1. The Morgan fingerprint density at radius 1 is 0.793 bits per heavy atom. The molecule has 3 rings (SSSR count). The summed E-state index contributed by atoms with van der Waals surface area (Å²) in [7, 11) is 0. The average Bonchev–Trinajstić information content (AvgIpc) is 2.74. The van der Waals surface area contributed by atoms with Gasteiger partial charge >= 0.3 is 0 Å². The van der Waals surface area contributed by atoms with Gasteiger partial charge in [-0.2, -0.15) is 0 Å². The molecule has 0 saturated heterocycles. The van der Waals surface area contributed by atoms with Crippen molar-refractivity contribution in [2.75, 3.05) is 11.9 Å². The highest BCUT2D eigenvalue weighted by atomic mass is 19.1. The van der Waals surface area contributed by atoms with Crippen LogP contribution < -0.4 is 10.6 Å². The summed E-state index contributed by atoms with van der Waals surface area (Å²) >= 11 is 0. The number of rotatable bonds is 7. The van der Waals surface area contributed by atoms with Crippen molar-refractivity contribution in [2.45, 2.75) is 12.3 Å². The molecule has 3 aromatic carbocycles. The maximum absolute atomic E-state index is 13.6. The minimum Gasteiger partial charge on any atom is -0.347 e. The van der Waals surface area contributed by atoms with E-state index in [1.807, 2.05) is 60.7 Å². The Hall–Kier alpha value is -3.54. The Morgan fingerprint density at radius 3 is 1.93 bits per heavy atom. The zero-order valence-corrected chi connectivity index (χ0v) is 15.6. The predicted octanol–water partition coefficient (Wildman–Crippen LogP) is 4.24. The lowest BCUT2D eigenvalue weighted by atomic mass is 9.88. The number of nitrogens with one attached hydrogen (secondary N) is 2. The van der Waals surface area contributed by atoms with E-state index in [2.05, 4.69) is 10.6 Å². The maximum Gasteiger partial charge on any atom is 0.243 e. The predicted molar refractivity (Wildman–Crippen MR) is 107 cm³/mol. The zero-order chi connectivity index (χ0) is 20.6. The molecule has 0 aromatic heterocycles. The van der Waals surface area contributed by atoms with Crippen molar-refractivity contribution in [1.82, 2.24) is 5.32 Å². The lowest BCUT2D eigenvalue weighted by molar-refractivity contribution is -0.124. The van der Waals surface area contributed by atoms with E-state index in [1.165, 1.54) is 0 Å². The molecule has 0 saturated carbocycles. The van der Waals surface area contributed by atoms with Crippen molar-refractivity contribution in [3.63, 3.8) is 0 Å². The summed E-state index contributed by atoms with van der Waals surface area (Å²) in [6, 6.07) is 22.1. The molecule has 2 amide bonds. The molecule has 2 N–H and O–H groups in total. The van der Waals surface area contributed by atoms with Crippen molar-refractivity contribution in [1.29, 1.82) is 0 Å². The van der Waals surface area contributed by atoms with Gasteiger partial charge in [0.15, 0.2) is 0 Å². The van der Waals surface area contributed by atoms with E-state index in [1.54, 1.807) is 0 Å². The summed E-state index contributed by atoms with van der Waals surface area (Å²) < 4.78 is 26.5. The minimum atomic E-state index is -0.877. The largest absolute Gasteiger partial charge is 0.347 e. The fourth-order valence-electron chi connectivity index (χ4n) is 3.02. The summed E-state index contributed by atoms with van der Waals surface area (Å²) in [5.74, 6) is -2.67. The number of carbonyl (C=O) groups excluding carboxylic acids is 2. The first-order chi connectivity index (χ1) is 14.0. The second-order valence-electron chi connectivity index (χ2n) is 6.53. The monoisotopic (exact) mass is 394 g/mol. The SMILES string of the molecule is O=C(CC(c1ccccc1)c1ccccc1)NCC(=O)Nc1ccc(F)cc1F. The van der Waals surface area contributed by atoms with Gasteiger partial charge in [-0.1, -0.05) is 60.7 Å². The number of amides is 2. The quantitative estimate of drug-likeness (QED) is 0.630. The molecule has 29 heavy (non-hydrogen) atoms. The molecule has 4 nitrogen and oxygen atoms in total. The van der Waals surface area contributed by atoms with Crippen molar-refractivity contribution < 1.29 is 18.4 Å². The van der Waals surface area contributed by atoms with Gasteiger partial charge < -0.3 is 10.6 Å². The van der Waals surface area contributed by atoms with Crippen LogP contribution in [0.3, 0.4) is 0 Å². The standard InChI is InChI=1S/C23H20F2N2O2/c24-18-11-12-21(20(25)13-18)27-23(29)15-26-22(28)14-19(16-7-3-1-4-8-16)17-9-5-2-6-10-17/h1-13,19H,14-15H2,(H,26,28)(H,27,29). The highest BCUT2D eigenvalue weighted by molar-refractivity contribution is 5.94. The lowest BCUT2D eigenvalue weighted by Gasteiger charge is -2.18. The van der Waals surface area contributed by atoms with E-state index in [-0.39, 0.29) is 30.5 Å². The fourth-order valence-corrected chi connectivity index (χ4v) is 3.02. The van der Waals surface area contributed by atoms with Crippen LogP contribution in [0.25, 0.3) is 0 Å². The normalized spacial score (nSPS) is 10.6. The Kier molecular flexibility index (Phi) is 6.68. The minimum absolute atomic E-state index is 0.142. The molecule has 0 bridgehead atoms. The van der Waals surface area contributed by atoms with Crippen LogP contribution in [0.4, 0.5) is 14.5 Å². The van der Waals surface area contributed by atoms with Crippen LogP contribution in [0.5, 0.6) is 0 Å². The first-order valence-electron chi connectivity index (χ1n) is 9.14. The topological polar surface area (TPSA) is 58.2 Å². The van der Waals surface area contributed by atoms with Crippen molar-refractivity contribution in [2.24, 2.45) is 0 Å². The van der Waals surface area contributed by atoms with Gasteiger partial charge in [0.2, 0.25) is 11.8 Å². The smallest absolute Gasteiger partial charge is 0.243 e. The van der Waals surface area contributed by atoms with E-state index in [0.29, 0.717) is 6.07 Å². The van der Waals surface area contributed by atoms with Crippen molar-refractivity contribution in [3.05, 3.63) is 102 Å². The summed E-state index contributed by atoms with van der Waals surface area (Å²) in [6.07, 6.45) is 0.159. The Balaban J connectivity index is 1.61. The molecule has 0 aliphatic heterocycles. The van der Waals surface area contributed by atoms with Gasteiger partial charge in [0.25, 0.3) is 0 Å². The second kappa shape index (κ2) is 9.59. The van der Waals surface area contributed by atoms with Gasteiger partial charge in [-0.15, -0.1) is 0 Å². The zero-order valence-electron chi connectivity index (χ0n) is 15.6. The third kappa shape index (κ3) is 5.72. The molecular weight excluding hydrogens is 374 g/mol. The fraction of sp³-hybridized carbons (Fsp3) is 0.130. The number of carbonyl (C=O) groups is 2. The Bertz CT molecular complexity index is 939. The van der Waals surface area contributed by atoms with Gasteiger partial charge in [0.05, 0.1) is 12.2 Å². The average molecular weight is 394 g/mol. The van der Waals surface area contributed by atoms with E-state index >= 15 is 0 Å². The maximum atomic E-state index is 13.6. The van der Waals surface area contributed by atoms with E-state index in [0.717, 1.165) is 23.3 Å². The summed E-state index contributed by atoms with van der Waals surface area (Å²) in [6.45, 7) is -0.314. The van der Waals surface area contributed by atoms with Gasteiger partial charge in [-0.25, -0.2) is 8.78 Å². The molecule has 0 heterocycles. The van der Waals surface area contributed by atoms with Crippen LogP contribution in [0, 0.1) is 11.6 Å². The van der Waals surface area contributed by atoms with Crippen LogP contribution >= 0.6 is 0 Å². The number of halogens is 2. The van der Waals surface area contributed by atoms with Crippen molar-refractivity contribution >= 4 is 17.5 Å². The molecule has 0 fully saturated rings. The molecule has 0 radical (unpaired) electrons. The molecule has 0 atom stereocenters. The third-order valence-electron chi connectivity index (χ3n) is 4.44. The van der Waals surface area contributed by atoms with E-state index in [4.69, 9.17) is 0 Å². The molecule has 148 valence electrons. The summed E-state index contributed by atoms with van der Waals surface area (Å²) in [5.41, 5.74) is 1.84. The molecule has 0 unspecified atom stereocenters. The molecular formula is C23H20F2N2O2. The van der Waals surface area contributed by atoms with Gasteiger partial charge in [0, 0.05) is 18.4 Å². The van der Waals surface area contributed by atoms with Gasteiger partial charge in [-0.05, 0) is 23.3 Å². The molecule has 0 aliphatic rings.